The van der Waals surface area contributed by atoms with E-state index in [-0.39, 0.29) is 6.04 Å². The number of benzene rings is 1. The maximum atomic E-state index is 5.52. The van der Waals surface area contributed by atoms with Crippen LogP contribution < -0.4 is 5.32 Å². The Morgan fingerprint density at radius 2 is 1.79 bits per heavy atom. The molecule has 0 saturated carbocycles. The molecule has 0 amide bonds. The molecule has 24 heavy (non-hydrogen) atoms. The van der Waals surface area contributed by atoms with Gasteiger partial charge in [0.1, 0.15) is 0 Å². The third-order valence-corrected chi connectivity index (χ3v) is 4.17. The molecule has 1 aliphatic heterocycles. The van der Waals surface area contributed by atoms with Crippen LogP contribution in [0.15, 0.2) is 33.3 Å². The second kappa shape index (κ2) is 6.14. The van der Waals surface area contributed by atoms with E-state index in [1.54, 1.807) is 6.92 Å². The topological polar surface area (TPSA) is 93.1 Å². The molecule has 2 aromatic heterocycles. The fourth-order valence-corrected chi connectivity index (χ4v) is 2.84. The molecule has 1 aliphatic rings. The molecule has 0 radical (unpaired) electrons. The van der Waals surface area contributed by atoms with Crippen molar-refractivity contribution in [2.24, 2.45) is 0 Å². The molecule has 0 aliphatic carbocycles. The third kappa shape index (κ3) is 2.70. The monoisotopic (exact) mass is 326 g/mol. The summed E-state index contributed by atoms with van der Waals surface area (Å²) in [5.41, 5.74) is 1.56. The van der Waals surface area contributed by atoms with Gasteiger partial charge in [-0.15, -0.1) is 0 Å². The fraction of sp³-hybridized carbons (Fsp3) is 0.375. The van der Waals surface area contributed by atoms with Crippen molar-refractivity contribution in [2.75, 3.05) is 26.7 Å². The van der Waals surface area contributed by atoms with E-state index in [9.17, 15) is 0 Å². The quantitative estimate of drug-likeness (QED) is 0.777. The minimum atomic E-state index is 0.106. The SMILES string of the molecule is Cc1noc(-c2ccccc2-c2nc(C3CNCCN3C)no2)n1. The van der Waals surface area contributed by atoms with Crippen LogP contribution in [0.1, 0.15) is 17.7 Å². The molecule has 4 rings (SSSR count). The number of nitrogens with zero attached hydrogens (tertiary/aromatic N) is 5. The highest BCUT2D eigenvalue weighted by atomic mass is 16.5. The minimum absolute atomic E-state index is 0.106. The van der Waals surface area contributed by atoms with Gasteiger partial charge in [-0.2, -0.15) is 9.97 Å². The number of rotatable bonds is 3. The molecule has 1 atom stereocenters. The summed E-state index contributed by atoms with van der Waals surface area (Å²) >= 11 is 0. The van der Waals surface area contributed by atoms with E-state index in [0.29, 0.717) is 23.4 Å². The van der Waals surface area contributed by atoms with Gasteiger partial charge in [0, 0.05) is 19.6 Å². The van der Waals surface area contributed by atoms with Crippen LogP contribution in [-0.4, -0.2) is 51.9 Å². The van der Waals surface area contributed by atoms with E-state index in [1.165, 1.54) is 0 Å². The molecule has 8 heteroatoms. The molecule has 8 nitrogen and oxygen atoms in total. The Bertz CT molecular complexity index is 842. The first-order valence-electron chi connectivity index (χ1n) is 7.87. The molecule has 0 bridgehead atoms. The zero-order valence-corrected chi connectivity index (χ0v) is 13.6. The molecule has 124 valence electrons. The molecule has 1 saturated heterocycles. The number of hydrogen-bond acceptors (Lipinski definition) is 8. The lowest BCUT2D eigenvalue weighted by Crippen LogP contribution is -2.44. The highest BCUT2D eigenvalue weighted by Crippen LogP contribution is 2.31. The number of aromatic nitrogens is 4. The Balaban J connectivity index is 1.70. The van der Waals surface area contributed by atoms with Crippen molar-refractivity contribution >= 4 is 0 Å². The lowest BCUT2D eigenvalue weighted by atomic mass is 10.1. The van der Waals surface area contributed by atoms with Crippen LogP contribution in [-0.2, 0) is 0 Å². The Labute approximate surface area is 138 Å². The second-order valence-electron chi connectivity index (χ2n) is 5.85. The van der Waals surface area contributed by atoms with Gasteiger partial charge >= 0.3 is 0 Å². The van der Waals surface area contributed by atoms with E-state index >= 15 is 0 Å². The minimum Gasteiger partial charge on any atom is -0.334 e. The molecule has 1 N–H and O–H groups in total. The molecular weight excluding hydrogens is 308 g/mol. The summed E-state index contributed by atoms with van der Waals surface area (Å²) in [6.07, 6.45) is 0. The first-order chi connectivity index (χ1) is 11.7. The molecular formula is C16H18N6O2. The Kier molecular flexibility index (Phi) is 3.83. The van der Waals surface area contributed by atoms with Gasteiger partial charge in [0.2, 0.25) is 0 Å². The number of hydrogen-bond donors (Lipinski definition) is 1. The number of likely N-dealkylation sites (N-methyl/N-ethyl adjacent to an activating group) is 1. The summed E-state index contributed by atoms with van der Waals surface area (Å²) in [6.45, 7) is 4.51. The fourth-order valence-electron chi connectivity index (χ4n) is 2.84. The first-order valence-corrected chi connectivity index (χ1v) is 7.87. The average molecular weight is 326 g/mol. The van der Waals surface area contributed by atoms with Gasteiger partial charge < -0.3 is 14.4 Å². The van der Waals surface area contributed by atoms with Crippen molar-refractivity contribution in [1.29, 1.82) is 0 Å². The average Bonchev–Trinajstić information content (AvgIpc) is 3.24. The normalized spacial score (nSPS) is 18.8. The summed E-state index contributed by atoms with van der Waals surface area (Å²) in [6, 6.07) is 7.75. The zero-order valence-electron chi connectivity index (χ0n) is 13.6. The van der Waals surface area contributed by atoms with E-state index in [0.717, 1.165) is 30.8 Å². The van der Waals surface area contributed by atoms with Crippen molar-refractivity contribution in [1.82, 2.24) is 30.5 Å². The lowest BCUT2D eigenvalue weighted by Gasteiger charge is -2.30. The predicted octanol–water partition coefficient (Wildman–Crippen LogP) is 1.67. The molecule has 1 aromatic carbocycles. The van der Waals surface area contributed by atoms with Gasteiger partial charge in [-0.25, -0.2) is 0 Å². The smallest absolute Gasteiger partial charge is 0.258 e. The van der Waals surface area contributed by atoms with Crippen LogP contribution in [0.3, 0.4) is 0 Å². The van der Waals surface area contributed by atoms with Gasteiger partial charge in [-0.05, 0) is 26.1 Å². The molecule has 3 aromatic rings. The first kappa shape index (κ1) is 15.0. The van der Waals surface area contributed by atoms with Crippen molar-refractivity contribution in [3.05, 3.63) is 35.9 Å². The van der Waals surface area contributed by atoms with Crippen LogP contribution in [0.4, 0.5) is 0 Å². The lowest BCUT2D eigenvalue weighted by molar-refractivity contribution is 0.190. The predicted molar refractivity (Wildman–Crippen MR) is 86.0 cm³/mol. The van der Waals surface area contributed by atoms with Crippen molar-refractivity contribution in [3.63, 3.8) is 0 Å². The van der Waals surface area contributed by atoms with Gasteiger partial charge in [-0.1, -0.05) is 22.4 Å². The van der Waals surface area contributed by atoms with E-state index in [2.05, 4.69) is 37.5 Å². The number of aryl methyl sites for hydroxylation is 1. The van der Waals surface area contributed by atoms with Crippen LogP contribution in [0.25, 0.3) is 22.9 Å². The molecule has 3 heterocycles. The molecule has 0 spiro atoms. The maximum absolute atomic E-state index is 5.52. The van der Waals surface area contributed by atoms with Gasteiger partial charge in [0.05, 0.1) is 17.2 Å². The van der Waals surface area contributed by atoms with E-state index < -0.39 is 0 Å². The number of piperazine rings is 1. The summed E-state index contributed by atoms with van der Waals surface area (Å²) in [5.74, 6) is 2.16. The third-order valence-electron chi connectivity index (χ3n) is 4.17. The van der Waals surface area contributed by atoms with Crippen molar-refractivity contribution < 1.29 is 9.05 Å². The van der Waals surface area contributed by atoms with Crippen LogP contribution in [0.2, 0.25) is 0 Å². The zero-order chi connectivity index (χ0) is 16.5. The summed E-state index contributed by atoms with van der Waals surface area (Å²) in [5, 5.41) is 11.4. The standard InChI is InChI=1S/C16H18N6O2/c1-10-18-15(23-20-10)11-5-3-4-6-12(11)16-19-14(21-24-16)13-9-17-7-8-22(13)2/h3-6,13,17H,7-9H2,1-2H3. The Hall–Kier alpha value is -2.58. The maximum Gasteiger partial charge on any atom is 0.258 e. The molecule has 1 fully saturated rings. The van der Waals surface area contributed by atoms with Gasteiger partial charge in [0.25, 0.3) is 11.8 Å². The van der Waals surface area contributed by atoms with E-state index in [4.69, 9.17) is 9.05 Å². The van der Waals surface area contributed by atoms with Crippen molar-refractivity contribution in [3.8, 4) is 22.9 Å². The summed E-state index contributed by atoms with van der Waals surface area (Å²) in [4.78, 5) is 11.1. The van der Waals surface area contributed by atoms with Gasteiger partial charge in [0.15, 0.2) is 11.6 Å². The van der Waals surface area contributed by atoms with E-state index in [1.807, 2.05) is 24.3 Å². The van der Waals surface area contributed by atoms with Crippen LogP contribution >= 0.6 is 0 Å². The molecule has 1 unspecified atom stereocenters. The van der Waals surface area contributed by atoms with Crippen molar-refractivity contribution in [2.45, 2.75) is 13.0 Å². The second-order valence-corrected chi connectivity index (χ2v) is 5.85. The van der Waals surface area contributed by atoms with Gasteiger partial charge in [-0.3, -0.25) is 4.90 Å². The van der Waals surface area contributed by atoms with Crippen LogP contribution in [0.5, 0.6) is 0 Å². The highest BCUT2D eigenvalue weighted by Gasteiger charge is 2.26. The highest BCUT2D eigenvalue weighted by molar-refractivity contribution is 5.75. The Morgan fingerprint density at radius 1 is 1.08 bits per heavy atom. The summed E-state index contributed by atoms with van der Waals surface area (Å²) in [7, 11) is 2.07. The van der Waals surface area contributed by atoms with Crippen LogP contribution in [0, 0.1) is 6.92 Å². The summed E-state index contributed by atoms with van der Waals surface area (Å²) < 4.78 is 10.8. The Morgan fingerprint density at radius 3 is 2.46 bits per heavy atom. The number of nitrogens with one attached hydrogen (secondary N) is 1. The largest absolute Gasteiger partial charge is 0.334 e.